The fourth-order valence-corrected chi connectivity index (χ4v) is 6.99. The van der Waals surface area contributed by atoms with Gasteiger partial charge in [-0.2, -0.15) is 0 Å². The smallest absolute Gasteiger partial charge is 0.238 e. The van der Waals surface area contributed by atoms with Gasteiger partial charge in [0.2, 0.25) is 5.91 Å². The van der Waals surface area contributed by atoms with Crippen LogP contribution in [0.1, 0.15) is 38.8 Å². The number of anilines is 2. The number of rotatable bonds is 4. The Hall–Kier alpha value is -4.84. The number of Topliss-reactive ketones (excluding diaryl/α,β-unsaturated/α-hetero) is 2. The molecule has 1 N–H and O–H groups in total. The Morgan fingerprint density at radius 2 is 1.50 bits per heavy atom. The first-order valence-electron chi connectivity index (χ1n) is 13.3. The molecule has 4 atom stereocenters. The molecule has 3 aliphatic rings. The molecular weight excluding hydrogens is 503 g/mol. The molecule has 6 heteroatoms. The SMILES string of the molecule is CC1=C[C@H]2N(c3ccccc31)[C@H](C(=O)c1ccccc1)[C@@H](C(=O)c1ccccc1F)[C@]21C(=O)Nc2ccccc21. The first kappa shape index (κ1) is 24.2. The highest BCUT2D eigenvalue weighted by Crippen LogP contribution is 2.58. The van der Waals surface area contributed by atoms with Crippen molar-refractivity contribution in [2.45, 2.75) is 24.4 Å². The summed E-state index contributed by atoms with van der Waals surface area (Å²) in [7, 11) is 0. The van der Waals surface area contributed by atoms with Crippen LogP contribution in [0.15, 0.2) is 109 Å². The van der Waals surface area contributed by atoms with E-state index in [1.165, 1.54) is 18.2 Å². The number of hydrogen-bond acceptors (Lipinski definition) is 4. The highest BCUT2D eigenvalue weighted by atomic mass is 19.1. The van der Waals surface area contributed by atoms with Crippen LogP contribution in [0.4, 0.5) is 15.8 Å². The highest BCUT2D eigenvalue weighted by Gasteiger charge is 2.70. The molecule has 4 aromatic rings. The van der Waals surface area contributed by atoms with Gasteiger partial charge < -0.3 is 10.2 Å². The fourth-order valence-electron chi connectivity index (χ4n) is 6.99. The molecule has 0 aliphatic carbocycles. The molecule has 40 heavy (non-hydrogen) atoms. The van der Waals surface area contributed by atoms with Crippen molar-refractivity contribution in [2.24, 2.45) is 5.92 Å². The lowest BCUT2D eigenvalue weighted by Gasteiger charge is -2.39. The molecule has 5 nitrogen and oxygen atoms in total. The molecule has 0 saturated carbocycles. The lowest BCUT2D eigenvalue weighted by molar-refractivity contribution is -0.121. The van der Waals surface area contributed by atoms with Crippen LogP contribution in [0.2, 0.25) is 0 Å². The van der Waals surface area contributed by atoms with Crippen LogP contribution in [0, 0.1) is 11.7 Å². The minimum Gasteiger partial charge on any atom is -0.352 e. The van der Waals surface area contributed by atoms with Crippen LogP contribution in [-0.4, -0.2) is 29.6 Å². The van der Waals surface area contributed by atoms with Gasteiger partial charge in [-0.15, -0.1) is 0 Å². The van der Waals surface area contributed by atoms with Crippen molar-refractivity contribution < 1.29 is 18.8 Å². The minimum absolute atomic E-state index is 0.135. The Labute approximate surface area is 231 Å². The quantitative estimate of drug-likeness (QED) is 0.327. The van der Waals surface area contributed by atoms with Crippen molar-refractivity contribution >= 4 is 34.4 Å². The van der Waals surface area contributed by atoms with Gasteiger partial charge in [0.25, 0.3) is 0 Å². The van der Waals surface area contributed by atoms with E-state index in [0.717, 1.165) is 16.8 Å². The number of allylic oxidation sites excluding steroid dienone is 1. The zero-order chi connectivity index (χ0) is 27.6. The molecule has 1 fully saturated rings. The van der Waals surface area contributed by atoms with Gasteiger partial charge in [0.15, 0.2) is 11.6 Å². The molecule has 1 amide bonds. The Kier molecular flexibility index (Phi) is 5.36. The van der Waals surface area contributed by atoms with E-state index in [4.69, 9.17) is 0 Å². The summed E-state index contributed by atoms with van der Waals surface area (Å²) in [6, 6.07) is 27.9. The molecule has 196 valence electrons. The summed E-state index contributed by atoms with van der Waals surface area (Å²) in [5, 5.41) is 3.00. The predicted molar refractivity (Wildman–Crippen MR) is 152 cm³/mol. The third kappa shape index (κ3) is 3.16. The fraction of sp³-hybridized carbons (Fsp3) is 0.147. The molecule has 7 rings (SSSR count). The van der Waals surface area contributed by atoms with E-state index >= 15 is 4.39 Å². The Morgan fingerprint density at radius 3 is 2.30 bits per heavy atom. The zero-order valence-electron chi connectivity index (χ0n) is 21.7. The van der Waals surface area contributed by atoms with Crippen molar-refractivity contribution in [2.75, 3.05) is 10.2 Å². The van der Waals surface area contributed by atoms with Crippen LogP contribution in [0.3, 0.4) is 0 Å². The van der Waals surface area contributed by atoms with Crippen molar-refractivity contribution in [1.29, 1.82) is 0 Å². The maximum Gasteiger partial charge on any atom is 0.238 e. The molecule has 0 radical (unpaired) electrons. The molecule has 0 bridgehead atoms. The van der Waals surface area contributed by atoms with Gasteiger partial charge in [-0.25, -0.2) is 4.39 Å². The van der Waals surface area contributed by atoms with E-state index < -0.39 is 35.0 Å². The zero-order valence-corrected chi connectivity index (χ0v) is 21.7. The van der Waals surface area contributed by atoms with Crippen molar-refractivity contribution in [1.82, 2.24) is 0 Å². The number of benzene rings is 4. The van der Waals surface area contributed by atoms with Gasteiger partial charge in [-0.05, 0) is 42.3 Å². The van der Waals surface area contributed by atoms with Gasteiger partial charge in [0.05, 0.1) is 17.5 Å². The third-order valence-corrected chi connectivity index (χ3v) is 8.63. The topological polar surface area (TPSA) is 66.5 Å². The lowest BCUT2D eigenvalue weighted by Crippen LogP contribution is -2.51. The maximum absolute atomic E-state index is 15.3. The number of amides is 1. The highest BCUT2D eigenvalue weighted by molar-refractivity contribution is 6.18. The molecule has 1 spiro atoms. The van der Waals surface area contributed by atoms with Crippen LogP contribution < -0.4 is 10.2 Å². The summed E-state index contributed by atoms with van der Waals surface area (Å²) in [4.78, 5) is 45.5. The van der Waals surface area contributed by atoms with Gasteiger partial charge in [0, 0.05) is 22.5 Å². The second-order valence-corrected chi connectivity index (χ2v) is 10.6. The number of fused-ring (bicyclic) bond motifs is 6. The largest absolute Gasteiger partial charge is 0.352 e. The van der Waals surface area contributed by atoms with Crippen molar-refractivity contribution in [3.8, 4) is 0 Å². The summed E-state index contributed by atoms with van der Waals surface area (Å²) in [5.74, 6) is -3.13. The molecule has 0 unspecified atom stereocenters. The summed E-state index contributed by atoms with van der Waals surface area (Å²) in [6.07, 6.45) is 1.99. The molecular formula is C34H25FN2O3. The summed E-state index contributed by atoms with van der Waals surface area (Å²) in [5.41, 5.74) is 2.67. The Morgan fingerprint density at radius 1 is 0.825 bits per heavy atom. The summed E-state index contributed by atoms with van der Waals surface area (Å²) < 4.78 is 15.3. The van der Waals surface area contributed by atoms with Crippen LogP contribution in [0.5, 0.6) is 0 Å². The van der Waals surface area contributed by atoms with E-state index in [2.05, 4.69) is 5.32 Å². The molecule has 0 aromatic heterocycles. The van der Waals surface area contributed by atoms with Crippen LogP contribution in [-0.2, 0) is 10.2 Å². The number of ketones is 2. The van der Waals surface area contributed by atoms with Crippen molar-refractivity contribution in [3.63, 3.8) is 0 Å². The van der Waals surface area contributed by atoms with Crippen LogP contribution in [0.25, 0.3) is 5.57 Å². The number of nitrogens with zero attached hydrogens (tertiary/aromatic N) is 1. The first-order valence-corrected chi connectivity index (χ1v) is 13.3. The van der Waals surface area contributed by atoms with E-state index in [-0.39, 0.29) is 17.3 Å². The van der Waals surface area contributed by atoms with Gasteiger partial charge in [0.1, 0.15) is 17.3 Å². The van der Waals surface area contributed by atoms with E-state index in [1.807, 2.05) is 66.4 Å². The predicted octanol–water partition coefficient (Wildman–Crippen LogP) is 6.07. The van der Waals surface area contributed by atoms with Crippen LogP contribution >= 0.6 is 0 Å². The third-order valence-electron chi connectivity index (χ3n) is 8.63. The normalized spacial score (nSPS) is 24.1. The Bertz CT molecular complexity index is 1750. The number of hydrogen-bond donors (Lipinski definition) is 1. The summed E-state index contributed by atoms with van der Waals surface area (Å²) in [6.45, 7) is 1.97. The van der Waals surface area contributed by atoms with E-state index in [1.54, 1.807) is 36.4 Å². The standard InChI is InChI=1S/C34H25FN2O3/c1-20-19-28-34(24-15-7-9-17-26(24)36-33(34)40)29(32(39)23-14-5-8-16-25(23)35)30(31(38)21-11-3-2-4-12-21)37(28)27-18-10-6-13-22(20)27/h2-19,28-30H,1H3,(H,36,40)/t28-,29+,30+,34-/m1/s1. The molecule has 1 saturated heterocycles. The number of carbonyl (C=O) groups is 3. The first-order chi connectivity index (χ1) is 19.4. The van der Waals surface area contributed by atoms with Gasteiger partial charge in [-0.3, -0.25) is 14.4 Å². The van der Waals surface area contributed by atoms with Gasteiger partial charge >= 0.3 is 0 Å². The number of carbonyl (C=O) groups excluding carboxylic acids is 3. The summed E-state index contributed by atoms with van der Waals surface area (Å²) >= 11 is 0. The molecule has 3 heterocycles. The Balaban J connectivity index is 1.57. The second-order valence-electron chi connectivity index (χ2n) is 10.6. The van der Waals surface area contributed by atoms with Gasteiger partial charge in [-0.1, -0.05) is 84.9 Å². The number of para-hydroxylation sites is 2. The molecule has 3 aliphatic heterocycles. The average Bonchev–Trinajstić information content (AvgIpc) is 3.45. The second kappa shape index (κ2) is 8.85. The number of halogens is 1. The van der Waals surface area contributed by atoms with E-state index in [9.17, 15) is 14.4 Å². The monoisotopic (exact) mass is 528 g/mol. The minimum atomic E-state index is -1.47. The lowest BCUT2D eigenvalue weighted by atomic mass is 9.64. The van der Waals surface area contributed by atoms with Crippen molar-refractivity contribution in [3.05, 3.63) is 137 Å². The maximum atomic E-state index is 15.3. The average molecular weight is 529 g/mol. The van der Waals surface area contributed by atoms with E-state index in [0.29, 0.717) is 16.8 Å². The number of nitrogens with one attached hydrogen (secondary N) is 1. The molecule has 4 aromatic carbocycles.